The number of terminal acetylenes is 1. The first-order valence-corrected chi connectivity index (χ1v) is 5.95. The van der Waals surface area contributed by atoms with Crippen molar-refractivity contribution in [3.05, 3.63) is 33.3 Å². The minimum atomic E-state index is -0.642. The van der Waals surface area contributed by atoms with Crippen LogP contribution in [0.2, 0.25) is 5.02 Å². The van der Waals surface area contributed by atoms with E-state index in [0.29, 0.717) is 5.02 Å². The van der Waals surface area contributed by atoms with Gasteiger partial charge in [-0.2, -0.15) is 0 Å². The maximum absolute atomic E-state index is 6.17. The van der Waals surface area contributed by atoms with Crippen LogP contribution in [-0.4, -0.2) is 12.4 Å². The van der Waals surface area contributed by atoms with Crippen LogP contribution in [0.4, 0.5) is 0 Å². The molecule has 2 unspecified atom stereocenters. The molecule has 1 fully saturated rings. The molecule has 1 heterocycles. The fraction of sp³-hybridized carbons (Fsp3) is 0.333. The Morgan fingerprint density at radius 1 is 1.69 bits per heavy atom. The Morgan fingerprint density at radius 2 is 2.44 bits per heavy atom. The second-order valence-corrected chi connectivity index (χ2v) is 4.88. The summed E-state index contributed by atoms with van der Waals surface area (Å²) in [5, 5.41) is 0.653. The van der Waals surface area contributed by atoms with Crippen LogP contribution in [-0.2, 0) is 9.47 Å². The van der Waals surface area contributed by atoms with Crippen molar-refractivity contribution in [1.29, 1.82) is 0 Å². The molecule has 1 aromatic rings. The van der Waals surface area contributed by atoms with Gasteiger partial charge in [0, 0.05) is 10.0 Å². The second-order valence-electron chi connectivity index (χ2n) is 3.65. The van der Waals surface area contributed by atoms with Crippen molar-refractivity contribution in [3.63, 3.8) is 0 Å². The zero-order valence-corrected chi connectivity index (χ0v) is 11.0. The molecule has 0 aromatic heterocycles. The van der Waals surface area contributed by atoms with Crippen LogP contribution in [0, 0.1) is 12.3 Å². The summed E-state index contributed by atoms with van der Waals surface area (Å²) in [6.07, 6.45) is 4.99. The third kappa shape index (κ3) is 2.11. The molecule has 0 amide bonds. The Kier molecular flexibility index (Phi) is 3.27. The second kappa shape index (κ2) is 4.38. The molecule has 16 heavy (non-hydrogen) atoms. The van der Waals surface area contributed by atoms with Gasteiger partial charge >= 0.3 is 0 Å². The van der Waals surface area contributed by atoms with Gasteiger partial charge in [-0.05, 0) is 28.9 Å². The van der Waals surface area contributed by atoms with E-state index in [4.69, 9.17) is 27.5 Å². The van der Waals surface area contributed by atoms with Gasteiger partial charge in [0.2, 0.25) is 0 Å². The molecule has 0 aliphatic carbocycles. The highest BCUT2D eigenvalue weighted by molar-refractivity contribution is 9.10. The minimum Gasteiger partial charge on any atom is -0.334 e. The molecule has 0 N–H and O–H groups in total. The predicted octanol–water partition coefficient (Wildman–Crippen LogP) is 3.54. The van der Waals surface area contributed by atoms with Crippen LogP contribution in [0.25, 0.3) is 0 Å². The molecule has 0 radical (unpaired) electrons. The molecule has 1 saturated heterocycles. The number of benzene rings is 1. The average Bonchev–Trinajstić information content (AvgIpc) is 2.92. The topological polar surface area (TPSA) is 21.8 Å². The lowest BCUT2D eigenvalue weighted by Gasteiger charge is -2.07. The summed E-state index contributed by atoms with van der Waals surface area (Å²) < 4.78 is 11.8. The SMILES string of the molecule is C#CCOC1(C)OC1c1cccc(Br)c1Cl. The number of epoxide rings is 1. The van der Waals surface area contributed by atoms with Crippen molar-refractivity contribution in [2.45, 2.75) is 18.8 Å². The van der Waals surface area contributed by atoms with Gasteiger partial charge in [0.1, 0.15) is 12.7 Å². The zero-order valence-electron chi connectivity index (χ0n) is 8.67. The van der Waals surface area contributed by atoms with Crippen molar-refractivity contribution >= 4 is 27.5 Å². The number of hydrogen-bond donors (Lipinski definition) is 0. The molecular formula is C12H10BrClO2. The summed E-state index contributed by atoms with van der Waals surface area (Å²) in [4.78, 5) is 0. The van der Waals surface area contributed by atoms with E-state index in [-0.39, 0.29) is 12.7 Å². The Hall–Kier alpha value is -0.530. The molecule has 4 heteroatoms. The first-order valence-electron chi connectivity index (χ1n) is 4.77. The quantitative estimate of drug-likeness (QED) is 0.629. The van der Waals surface area contributed by atoms with Gasteiger partial charge in [-0.1, -0.05) is 29.7 Å². The molecule has 1 aliphatic heterocycles. The van der Waals surface area contributed by atoms with Gasteiger partial charge in [-0.15, -0.1) is 6.42 Å². The molecule has 0 bridgehead atoms. The molecule has 2 atom stereocenters. The summed E-state index contributed by atoms with van der Waals surface area (Å²) in [6, 6.07) is 5.71. The van der Waals surface area contributed by atoms with Crippen molar-refractivity contribution in [2.75, 3.05) is 6.61 Å². The normalized spacial score (nSPS) is 27.5. The summed E-state index contributed by atoms with van der Waals surface area (Å²) in [6.45, 7) is 2.09. The van der Waals surface area contributed by atoms with Crippen LogP contribution in [0.15, 0.2) is 22.7 Å². The minimum absolute atomic E-state index is 0.147. The monoisotopic (exact) mass is 300 g/mol. The number of hydrogen-bond acceptors (Lipinski definition) is 2. The Labute approximate surface area is 108 Å². The highest BCUT2D eigenvalue weighted by atomic mass is 79.9. The van der Waals surface area contributed by atoms with E-state index in [2.05, 4.69) is 21.9 Å². The standard InChI is InChI=1S/C12H10BrClO2/c1-3-7-15-12(2)11(16-12)8-5-4-6-9(13)10(8)14/h1,4-6,11H,7H2,2H3. The first-order chi connectivity index (χ1) is 7.58. The number of halogens is 2. The lowest BCUT2D eigenvalue weighted by molar-refractivity contribution is -0.0123. The van der Waals surface area contributed by atoms with Gasteiger partial charge < -0.3 is 9.47 Å². The maximum Gasteiger partial charge on any atom is 0.198 e. The van der Waals surface area contributed by atoms with Crippen LogP contribution < -0.4 is 0 Å². The number of rotatable bonds is 3. The molecule has 84 valence electrons. The van der Waals surface area contributed by atoms with Crippen LogP contribution >= 0.6 is 27.5 Å². The van der Waals surface area contributed by atoms with Crippen LogP contribution in [0.3, 0.4) is 0 Å². The summed E-state index contributed by atoms with van der Waals surface area (Å²) in [5.41, 5.74) is 0.913. The van der Waals surface area contributed by atoms with E-state index in [1.165, 1.54) is 0 Å². The van der Waals surface area contributed by atoms with Crippen molar-refractivity contribution < 1.29 is 9.47 Å². The third-order valence-electron chi connectivity index (χ3n) is 2.48. The van der Waals surface area contributed by atoms with Gasteiger partial charge in [0.05, 0.1) is 5.02 Å². The van der Waals surface area contributed by atoms with Gasteiger partial charge in [0.25, 0.3) is 0 Å². The number of ether oxygens (including phenoxy) is 2. The molecule has 2 nitrogen and oxygen atoms in total. The van der Waals surface area contributed by atoms with E-state index in [9.17, 15) is 0 Å². The summed E-state index contributed by atoms with van der Waals surface area (Å²) in [5.74, 6) is 1.78. The fourth-order valence-corrected chi connectivity index (χ4v) is 2.17. The smallest absolute Gasteiger partial charge is 0.198 e. The Morgan fingerprint density at radius 3 is 3.12 bits per heavy atom. The molecule has 0 spiro atoms. The molecular weight excluding hydrogens is 291 g/mol. The van der Waals surface area contributed by atoms with Crippen molar-refractivity contribution in [2.24, 2.45) is 0 Å². The highest BCUT2D eigenvalue weighted by Crippen LogP contribution is 2.52. The molecule has 1 aromatic carbocycles. The predicted molar refractivity (Wildman–Crippen MR) is 66.2 cm³/mol. The van der Waals surface area contributed by atoms with E-state index >= 15 is 0 Å². The molecule has 1 aliphatic rings. The molecule has 0 saturated carbocycles. The first kappa shape index (κ1) is 11.9. The summed E-state index contributed by atoms with van der Waals surface area (Å²) in [7, 11) is 0. The fourth-order valence-electron chi connectivity index (χ4n) is 1.56. The third-order valence-corrected chi connectivity index (χ3v) is 3.79. The van der Waals surface area contributed by atoms with Crippen molar-refractivity contribution in [1.82, 2.24) is 0 Å². The van der Waals surface area contributed by atoms with Crippen molar-refractivity contribution in [3.8, 4) is 12.3 Å². The van der Waals surface area contributed by atoms with E-state index in [1.807, 2.05) is 25.1 Å². The van der Waals surface area contributed by atoms with Gasteiger partial charge in [-0.3, -0.25) is 0 Å². The zero-order chi connectivity index (χ0) is 11.8. The average molecular weight is 302 g/mol. The Balaban J connectivity index is 2.17. The maximum atomic E-state index is 6.17. The van der Waals surface area contributed by atoms with E-state index < -0.39 is 5.79 Å². The largest absolute Gasteiger partial charge is 0.334 e. The lowest BCUT2D eigenvalue weighted by Crippen LogP contribution is -2.12. The van der Waals surface area contributed by atoms with Crippen LogP contribution in [0.5, 0.6) is 0 Å². The van der Waals surface area contributed by atoms with E-state index in [0.717, 1.165) is 10.0 Å². The van der Waals surface area contributed by atoms with E-state index in [1.54, 1.807) is 0 Å². The lowest BCUT2D eigenvalue weighted by atomic mass is 10.1. The van der Waals surface area contributed by atoms with Gasteiger partial charge in [0.15, 0.2) is 5.79 Å². The molecule has 2 rings (SSSR count). The summed E-state index contributed by atoms with van der Waals surface area (Å²) >= 11 is 9.54. The van der Waals surface area contributed by atoms with Gasteiger partial charge in [-0.25, -0.2) is 0 Å². The van der Waals surface area contributed by atoms with Crippen LogP contribution in [0.1, 0.15) is 18.6 Å². The highest BCUT2D eigenvalue weighted by Gasteiger charge is 2.55. The Bertz CT molecular complexity index is 455.